The lowest BCUT2D eigenvalue weighted by Crippen LogP contribution is -2.42. The molecule has 0 radical (unpaired) electrons. The first-order chi connectivity index (χ1) is 10.0. The van der Waals surface area contributed by atoms with Crippen LogP contribution in [0.15, 0.2) is 10.5 Å². The summed E-state index contributed by atoms with van der Waals surface area (Å²) >= 11 is 0. The molecule has 3 rings (SSSR count). The van der Waals surface area contributed by atoms with Crippen LogP contribution in [0.3, 0.4) is 0 Å². The van der Waals surface area contributed by atoms with E-state index in [-0.39, 0.29) is 11.8 Å². The monoisotopic (exact) mass is 290 g/mol. The molecule has 0 aliphatic heterocycles. The Labute approximate surface area is 124 Å². The number of hydrogen-bond donors (Lipinski definition) is 2. The SMILES string of the molecule is Cc1cc(C(=O)NNC(=O)CC2CC3CCC2C3)c(C)o1. The Balaban J connectivity index is 1.47. The van der Waals surface area contributed by atoms with Gasteiger partial charge in [-0.1, -0.05) is 6.42 Å². The maximum absolute atomic E-state index is 12.0. The predicted molar refractivity (Wildman–Crippen MR) is 77.3 cm³/mol. The standard InChI is InChI=1S/C16H22N2O3/c1-9-5-14(10(2)21-9)16(20)18-17-15(19)8-13-7-11-3-4-12(13)6-11/h5,11-13H,3-4,6-8H2,1-2H3,(H,17,19)(H,18,20). The van der Waals surface area contributed by atoms with Gasteiger partial charge in [-0.3, -0.25) is 20.4 Å². The maximum Gasteiger partial charge on any atom is 0.273 e. The summed E-state index contributed by atoms with van der Waals surface area (Å²) in [5.41, 5.74) is 5.46. The molecule has 0 spiro atoms. The fraction of sp³-hybridized carbons (Fsp3) is 0.625. The van der Waals surface area contributed by atoms with Gasteiger partial charge in [-0.05, 0) is 56.9 Å². The van der Waals surface area contributed by atoms with Gasteiger partial charge < -0.3 is 4.42 Å². The minimum atomic E-state index is -0.328. The van der Waals surface area contributed by atoms with E-state index in [0.29, 0.717) is 29.4 Å². The zero-order valence-corrected chi connectivity index (χ0v) is 12.6. The van der Waals surface area contributed by atoms with Gasteiger partial charge in [-0.2, -0.15) is 0 Å². The molecule has 2 N–H and O–H groups in total. The Morgan fingerprint density at radius 2 is 2.05 bits per heavy atom. The van der Waals surface area contributed by atoms with Gasteiger partial charge in [0.15, 0.2) is 0 Å². The van der Waals surface area contributed by atoms with Gasteiger partial charge >= 0.3 is 0 Å². The van der Waals surface area contributed by atoms with Crippen molar-refractivity contribution in [3.8, 4) is 0 Å². The fourth-order valence-corrected chi connectivity index (χ4v) is 3.97. The average Bonchev–Trinajstić information content (AvgIpc) is 3.11. The van der Waals surface area contributed by atoms with Crippen molar-refractivity contribution in [2.75, 3.05) is 0 Å². The van der Waals surface area contributed by atoms with Crippen molar-refractivity contribution >= 4 is 11.8 Å². The van der Waals surface area contributed by atoms with Crippen molar-refractivity contribution in [2.45, 2.75) is 46.0 Å². The molecule has 2 saturated carbocycles. The topological polar surface area (TPSA) is 71.3 Å². The second-order valence-electron chi connectivity index (χ2n) is 6.47. The molecule has 1 heterocycles. The molecule has 0 aromatic carbocycles. The van der Waals surface area contributed by atoms with Gasteiger partial charge in [0.25, 0.3) is 5.91 Å². The van der Waals surface area contributed by atoms with Crippen molar-refractivity contribution < 1.29 is 14.0 Å². The number of amides is 2. The van der Waals surface area contributed by atoms with Crippen LogP contribution in [0.5, 0.6) is 0 Å². The normalized spacial score (nSPS) is 26.9. The van der Waals surface area contributed by atoms with E-state index in [9.17, 15) is 9.59 Å². The second kappa shape index (κ2) is 5.54. The number of carbonyl (C=O) groups excluding carboxylic acids is 2. The lowest BCUT2D eigenvalue weighted by molar-refractivity contribution is -0.123. The number of hydrazine groups is 1. The van der Waals surface area contributed by atoms with Crippen LogP contribution in [0.4, 0.5) is 0 Å². The van der Waals surface area contributed by atoms with Crippen LogP contribution < -0.4 is 10.9 Å². The third-order valence-electron chi connectivity index (χ3n) is 4.93. The van der Waals surface area contributed by atoms with E-state index in [0.717, 1.165) is 11.8 Å². The van der Waals surface area contributed by atoms with E-state index in [1.807, 2.05) is 0 Å². The van der Waals surface area contributed by atoms with Gasteiger partial charge in [-0.25, -0.2) is 0 Å². The van der Waals surface area contributed by atoms with Gasteiger partial charge in [0.2, 0.25) is 5.91 Å². The Bertz CT molecular complexity index is 564. The third-order valence-corrected chi connectivity index (χ3v) is 4.93. The summed E-state index contributed by atoms with van der Waals surface area (Å²) in [6, 6.07) is 1.67. The molecule has 5 heteroatoms. The fourth-order valence-electron chi connectivity index (χ4n) is 3.97. The summed E-state index contributed by atoms with van der Waals surface area (Å²) in [5.74, 6) is 2.87. The smallest absolute Gasteiger partial charge is 0.273 e. The van der Waals surface area contributed by atoms with Crippen LogP contribution in [-0.4, -0.2) is 11.8 Å². The van der Waals surface area contributed by atoms with Crippen LogP contribution in [0, 0.1) is 31.6 Å². The van der Waals surface area contributed by atoms with E-state index in [2.05, 4.69) is 10.9 Å². The Morgan fingerprint density at radius 3 is 2.62 bits per heavy atom. The molecule has 3 unspecified atom stereocenters. The molecule has 2 aliphatic rings. The molecule has 21 heavy (non-hydrogen) atoms. The van der Waals surface area contributed by atoms with Crippen LogP contribution in [0.2, 0.25) is 0 Å². The Kier molecular flexibility index (Phi) is 3.74. The van der Waals surface area contributed by atoms with E-state index < -0.39 is 0 Å². The van der Waals surface area contributed by atoms with E-state index in [4.69, 9.17) is 4.42 Å². The quantitative estimate of drug-likeness (QED) is 0.840. The van der Waals surface area contributed by atoms with Gasteiger partial charge in [0, 0.05) is 6.42 Å². The largest absolute Gasteiger partial charge is 0.466 e. The molecule has 3 atom stereocenters. The number of nitrogens with one attached hydrogen (secondary N) is 2. The van der Waals surface area contributed by atoms with Gasteiger partial charge in [0.1, 0.15) is 11.5 Å². The van der Waals surface area contributed by atoms with Crippen LogP contribution in [-0.2, 0) is 4.79 Å². The lowest BCUT2D eigenvalue weighted by Gasteiger charge is -2.20. The van der Waals surface area contributed by atoms with E-state index in [1.165, 1.54) is 25.7 Å². The zero-order chi connectivity index (χ0) is 15.0. The summed E-state index contributed by atoms with van der Waals surface area (Å²) in [4.78, 5) is 23.9. The van der Waals surface area contributed by atoms with Crippen LogP contribution >= 0.6 is 0 Å². The molecule has 2 fully saturated rings. The molecule has 5 nitrogen and oxygen atoms in total. The molecule has 2 bridgehead atoms. The first-order valence-electron chi connectivity index (χ1n) is 7.69. The number of carbonyl (C=O) groups is 2. The number of rotatable bonds is 3. The highest BCUT2D eigenvalue weighted by molar-refractivity contribution is 5.96. The van der Waals surface area contributed by atoms with Crippen molar-refractivity contribution in [3.63, 3.8) is 0 Å². The summed E-state index contributed by atoms with van der Waals surface area (Å²) in [5, 5.41) is 0. The Hall–Kier alpha value is -1.78. The zero-order valence-electron chi connectivity index (χ0n) is 12.6. The molecule has 0 saturated heterocycles. The minimum absolute atomic E-state index is 0.0984. The number of furan rings is 1. The van der Waals surface area contributed by atoms with Gasteiger partial charge in [-0.15, -0.1) is 0 Å². The van der Waals surface area contributed by atoms with E-state index in [1.54, 1.807) is 19.9 Å². The highest BCUT2D eigenvalue weighted by Gasteiger charge is 2.40. The van der Waals surface area contributed by atoms with E-state index >= 15 is 0 Å². The van der Waals surface area contributed by atoms with Crippen LogP contribution in [0.25, 0.3) is 0 Å². The molecular weight excluding hydrogens is 268 g/mol. The number of hydrogen-bond acceptors (Lipinski definition) is 3. The molecule has 114 valence electrons. The maximum atomic E-state index is 12.0. The van der Waals surface area contributed by atoms with Crippen molar-refractivity contribution in [1.82, 2.24) is 10.9 Å². The summed E-state index contributed by atoms with van der Waals surface area (Å²) in [7, 11) is 0. The molecular formula is C16H22N2O3. The third kappa shape index (κ3) is 2.96. The number of aryl methyl sites for hydroxylation is 2. The summed E-state index contributed by atoms with van der Waals surface area (Å²) < 4.78 is 5.31. The lowest BCUT2D eigenvalue weighted by atomic mass is 9.86. The van der Waals surface area contributed by atoms with Gasteiger partial charge in [0.05, 0.1) is 5.56 Å². The van der Waals surface area contributed by atoms with Crippen molar-refractivity contribution in [2.24, 2.45) is 17.8 Å². The first kappa shape index (κ1) is 14.2. The molecule has 2 amide bonds. The molecule has 2 aliphatic carbocycles. The summed E-state index contributed by atoms with van der Waals surface area (Å²) in [6.07, 6.45) is 5.58. The molecule has 1 aromatic heterocycles. The summed E-state index contributed by atoms with van der Waals surface area (Å²) in [6.45, 7) is 3.52. The highest BCUT2D eigenvalue weighted by atomic mass is 16.3. The van der Waals surface area contributed by atoms with Crippen LogP contribution in [0.1, 0.15) is 54.0 Å². The predicted octanol–water partition coefficient (Wildman–Crippen LogP) is 2.48. The highest BCUT2D eigenvalue weighted by Crippen LogP contribution is 2.49. The van der Waals surface area contributed by atoms with Crippen molar-refractivity contribution in [1.29, 1.82) is 0 Å². The molecule has 1 aromatic rings. The first-order valence-corrected chi connectivity index (χ1v) is 7.69. The average molecular weight is 290 g/mol. The number of fused-ring (bicyclic) bond motifs is 2. The van der Waals surface area contributed by atoms with Crippen molar-refractivity contribution in [3.05, 3.63) is 23.2 Å². The minimum Gasteiger partial charge on any atom is -0.466 e. The Morgan fingerprint density at radius 1 is 1.24 bits per heavy atom. The second-order valence-corrected chi connectivity index (χ2v) is 6.47.